The molecule has 9 unspecified atom stereocenters. The van der Waals surface area contributed by atoms with E-state index in [1.807, 2.05) is 0 Å². The lowest BCUT2D eigenvalue weighted by atomic mass is 9.98. The average molecular weight is 1040 g/mol. The molecule has 11 nitrogen and oxygen atoms in total. The summed E-state index contributed by atoms with van der Waals surface area (Å²) in [5.41, 5.74) is 0. The Bertz CT molecular complexity index is 1240. The number of aliphatic hydroxyl groups excluding tert-OH is 7. The molecule has 8 N–H and O–H groups in total. The summed E-state index contributed by atoms with van der Waals surface area (Å²) in [7, 11) is 0. The molecular weight excluding hydrogens is 919 g/mol. The highest BCUT2D eigenvalue weighted by atomic mass is 16.7. The van der Waals surface area contributed by atoms with Crippen molar-refractivity contribution in [2.75, 3.05) is 13.2 Å². The van der Waals surface area contributed by atoms with E-state index in [9.17, 15) is 40.5 Å². The Kier molecular flexibility index (Phi) is 49.0. The van der Waals surface area contributed by atoms with Crippen LogP contribution in [0.4, 0.5) is 0 Å². The van der Waals surface area contributed by atoms with Crippen molar-refractivity contribution in [2.24, 2.45) is 0 Å². The molecule has 73 heavy (non-hydrogen) atoms. The number of allylic oxidation sites excluding steroid dienone is 4. The van der Waals surface area contributed by atoms with E-state index in [1.165, 1.54) is 212 Å². The fraction of sp³-hybridized carbons (Fsp3) is 0.919. The predicted octanol–water partition coefficient (Wildman–Crippen LogP) is 13.7. The lowest BCUT2D eigenvalue weighted by Gasteiger charge is -2.40. The summed E-state index contributed by atoms with van der Waals surface area (Å²) < 4.78 is 11.2. The van der Waals surface area contributed by atoms with Crippen molar-refractivity contribution < 1.29 is 50.0 Å². The van der Waals surface area contributed by atoms with Crippen molar-refractivity contribution >= 4 is 5.91 Å². The molecule has 1 aliphatic rings. The molecule has 0 aromatic rings. The molecule has 0 aromatic heterocycles. The van der Waals surface area contributed by atoms with Crippen LogP contribution in [0, 0.1) is 0 Å². The number of carbonyl (C=O) groups excluding carboxylic acids is 1. The Hall–Kier alpha value is -1.41. The van der Waals surface area contributed by atoms with Crippen LogP contribution in [0.5, 0.6) is 0 Å². The molecular formula is C62H119NO10. The minimum absolute atomic E-state index is 0.251. The number of aliphatic hydroxyl groups is 7. The number of carbonyl (C=O) groups is 1. The molecule has 11 heteroatoms. The van der Waals surface area contributed by atoms with Gasteiger partial charge in [-0.1, -0.05) is 256 Å². The summed E-state index contributed by atoms with van der Waals surface area (Å²) in [5.74, 6) is -0.706. The highest BCUT2D eigenvalue weighted by Gasteiger charge is 2.44. The van der Waals surface area contributed by atoms with Gasteiger partial charge in [0.05, 0.1) is 25.4 Å². The highest BCUT2D eigenvalue weighted by Crippen LogP contribution is 2.23. The van der Waals surface area contributed by atoms with E-state index >= 15 is 0 Å². The largest absolute Gasteiger partial charge is 0.394 e. The minimum atomic E-state index is -1.67. The third-order valence-electron chi connectivity index (χ3n) is 15.2. The average Bonchev–Trinajstić information content (AvgIpc) is 3.39. The summed E-state index contributed by atoms with van der Waals surface area (Å²) in [6, 6.07) is -1.19. The van der Waals surface area contributed by atoms with E-state index in [0.29, 0.717) is 12.8 Å². The van der Waals surface area contributed by atoms with Crippen molar-refractivity contribution in [3.8, 4) is 0 Å². The predicted molar refractivity (Wildman–Crippen MR) is 302 cm³/mol. The number of rotatable bonds is 54. The minimum Gasteiger partial charge on any atom is -0.394 e. The van der Waals surface area contributed by atoms with Gasteiger partial charge in [-0.3, -0.25) is 4.79 Å². The second-order valence-electron chi connectivity index (χ2n) is 22.1. The molecule has 1 fully saturated rings. The summed E-state index contributed by atoms with van der Waals surface area (Å²) >= 11 is 0. The third-order valence-corrected chi connectivity index (χ3v) is 15.2. The van der Waals surface area contributed by atoms with Crippen LogP contribution < -0.4 is 5.32 Å². The summed E-state index contributed by atoms with van der Waals surface area (Å²) in [4.78, 5) is 13.2. The molecule has 0 radical (unpaired) electrons. The molecule has 1 rings (SSSR count). The quantitative estimate of drug-likeness (QED) is 0.0215. The summed E-state index contributed by atoms with van der Waals surface area (Å²) in [6.45, 7) is 3.48. The molecule has 0 spiro atoms. The zero-order chi connectivity index (χ0) is 53.3. The third kappa shape index (κ3) is 39.6. The standard InChI is InChI=1S/C62H119NO10/c1-3-5-7-9-11-13-15-17-19-21-23-25-27-29-31-33-35-37-39-41-43-45-47-49-54(65)57(67)53(52-72-62-60(70)59(69)58(68)56(51-64)73-62)63-61(71)55(66)50-48-46-44-42-40-38-36-34-32-30-28-26-24-22-20-18-16-14-12-10-8-6-4-2/h30,32,41,43,53-60,62,64-70H,3-29,31,33-40,42,44-52H2,1-2H3,(H,63,71)/b32-30-,43-41+. The van der Waals surface area contributed by atoms with Crippen LogP contribution in [0.15, 0.2) is 24.3 Å². The fourth-order valence-electron chi connectivity index (χ4n) is 10.1. The molecule has 432 valence electrons. The van der Waals surface area contributed by atoms with Gasteiger partial charge in [0.1, 0.15) is 36.6 Å². The Balaban J connectivity index is 2.29. The normalized spacial score (nSPS) is 20.0. The van der Waals surface area contributed by atoms with Crippen molar-refractivity contribution in [3.63, 3.8) is 0 Å². The van der Waals surface area contributed by atoms with Gasteiger partial charge in [0.2, 0.25) is 5.91 Å². The molecule has 1 heterocycles. The van der Waals surface area contributed by atoms with Crippen LogP contribution in [0.25, 0.3) is 0 Å². The smallest absolute Gasteiger partial charge is 0.249 e. The van der Waals surface area contributed by atoms with Gasteiger partial charge in [-0.25, -0.2) is 0 Å². The maximum atomic E-state index is 13.2. The first-order chi connectivity index (χ1) is 35.7. The van der Waals surface area contributed by atoms with Crippen LogP contribution in [0.3, 0.4) is 0 Å². The first kappa shape index (κ1) is 69.6. The van der Waals surface area contributed by atoms with Crippen LogP contribution >= 0.6 is 0 Å². The summed E-state index contributed by atoms with van der Waals surface area (Å²) in [5, 5.41) is 76.3. The first-order valence-electron chi connectivity index (χ1n) is 31.2. The van der Waals surface area contributed by atoms with Gasteiger partial charge < -0.3 is 50.5 Å². The van der Waals surface area contributed by atoms with E-state index in [0.717, 1.165) is 44.9 Å². The number of amides is 1. The molecule has 0 saturated carbocycles. The zero-order valence-electron chi connectivity index (χ0n) is 47.4. The second kappa shape index (κ2) is 51.4. The van der Waals surface area contributed by atoms with Crippen molar-refractivity contribution in [1.82, 2.24) is 5.32 Å². The zero-order valence-corrected chi connectivity index (χ0v) is 47.4. The Morgan fingerprint density at radius 2 is 0.808 bits per heavy atom. The monoisotopic (exact) mass is 1040 g/mol. The SMILES string of the molecule is CCCCCCCCCCCCCC/C=C\CCCCCCCCCC(O)C(=O)NC(COC1OC(CO)C(O)C(O)C1O)C(O)C(O)CCC/C=C/CCCCCCCCCCCCCCCCCCCC. The lowest BCUT2D eigenvalue weighted by molar-refractivity contribution is -0.303. The fourth-order valence-corrected chi connectivity index (χ4v) is 10.1. The van der Waals surface area contributed by atoms with Crippen LogP contribution in [-0.4, -0.2) is 110 Å². The van der Waals surface area contributed by atoms with Gasteiger partial charge in [-0.2, -0.15) is 0 Å². The van der Waals surface area contributed by atoms with Crippen molar-refractivity contribution in [2.45, 2.75) is 351 Å². The summed E-state index contributed by atoms with van der Waals surface area (Å²) in [6.07, 6.45) is 51.0. The molecule has 0 aromatic carbocycles. The van der Waals surface area contributed by atoms with Crippen LogP contribution in [-0.2, 0) is 14.3 Å². The van der Waals surface area contributed by atoms with Crippen molar-refractivity contribution in [1.29, 1.82) is 0 Å². The van der Waals surface area contributed by atoms with E-state index in [4.69, 9.17) is 9.47 Å². The molecule has 1 saturated heterocycles. The molecule has 1 amide bonds. The van der Waals surface area contributed by atoms with Crippen LogP contribution in [0.2, 0.25) is 0 Å². The lowest BCUT2D eigenvalue weighted by Crippen LogP contribution is -2.60. The Morgan fingerprint density at radius 3 is 1.18 bits per heavy atom. The number of hydrogen-bond acceptors (Lipinski definition) is 10. The number of nitrogens with one attached hydrogen (secondary N) is 1. The van der Waals surface area contributed by atoms with Gasteiger partial charge in [0.25, 0.3) is 0 Å². The van der Waals surface area contributed by atoms with Crippen LogP contribution in [0.1, 0.15) is 296 Å². The molecule has 0 aliphatic carbocycles. The maximum absolute atomic E-state index is 13.2. The van der Waals surface area contributed by atoms with E-state index in [1.54, 1.807) is 0 Å². The number of hydrogen-bond donors (Lipinski definition) is 8. The van der Waals surface area contributed by atoms with Gasteiger partial charge in [0, 0.05) is 0 Å². The highest BCUT2D eigenvalue weighted by molar-refractivity contribution is 5.80. The molecule has 0 bridgehead atoms. The van der Waals surface area contributed by atoms with Gasteiger partial charge in [-0.15, -0.1) is 0 Å². The van der Waals surface area contributed by atoms with E-state index < -0.39 is 74.2 Å². The Labute approximate surface area is 448 Å². The number of unbranched alkanes of at least 4 members (excludes halogenated alkanes) is 38. The van der Waals surface area contributed by atoms with E-state index in [-0.39, 0.29) is 12.8 Å². The molecule has 9 atom stereocenters. The first-order valence-corrected chi connectivity index (χ1v) is 31.2. The van der Waals surface area contributed by atoms with Gasteiger partial charge >= 0.3 is 0 Å². The molecule has 1 aliphatic heterocycles. The van der Waals surface area contributed by atoms with Gasteiger partial charge in [-0.05, 0) is 64.2 Å². The van der Waals surface area contributed by atoms with E-state index in [2.05, 4.69) is 43.5 Å². The van der Waals surface area contributed by atoms with Crippen molar-refractivity contribution in [3.05, 3.63) is 24.3 Å². The maximum Gasteiger partial charge on any atom is 0.249 e. The Morgan fingerprint density at radius 1 is 0.466 bits per heavy atom. The second-order valence-corrected chi connectivity index (χ2v) is 22.1. The topological polar surface area (TPSA) is 189 Å². The van der Waals surface area contributed by atoms with Gasteiger partial charge in [0.15, 0.2) is 6.29 Å². The number of ether oxygens (including phenoxy) is 2.